The number of unbranched alkanes of at least 4 members (excludes halogenated alkanes) is 15. The van der Waals surface area contributed by atoms with E-state index in [1.807, 2.05) is 0 Å². The summed E-state index contributed by atoms with van der Waals surface area (Å²) < 4.78 is 12.2. The van der Waals surface area contributed by atoms with Crippen molar-refractivity contribution in [3.8, 4) is 0 Å². The second kappa shape index (κ2) is 24.4. The van der Waals surface area contributed by atoms with Crippen LogP contribution in [0, 0.1) is 5.92 Å². The lowest BCUT2D eigenvalue weighted by atomic mass is 10.0. The molecule has 214 valence electrons. The van der Waals surface area contributed by atoms with Crippen LogP contribution in [0.25, 0.3) is 0 Å². The molecule has 2 nitrogen and oxygen atoms in total. The van der Waals surface area contributed by atoms with Gasteiger partial charge in [0.15, 0.2) is 0 Å². The van der Waals surface area contributed by atoms with E-state index in [2.05, 4.69) is 67.6 Å². The lowest BCUT2D eigenvalue weighted by molar-refractivity contribution is 0.0288. The third kappa shape index (κ3) is 18.6. The molecule has 2 rings (SSSR count). The number of hydrogen-bond acceptors (Lipinski definition) is 2. The van der Waals surface area contributed by atoms with Crippen molar-refractivity contribution in [2.45, 2.75) is 129 Å². The molecule has 0 aliphatic rings. The molecule has 38 heavy (non-hydrogen) atoms. The summed E-state index contributed by atoms with van der Waals surface area (Å²) in [5.41, 5.74) is 2.64. The van der Waals surface area contributed by atoms with Gasteiger partial charge < -0.3 is 9.47 Å². The molecule has 0 radical (unpaired) electrons. The second-order valence-corrected chi connectivity index (χ2v) is 11.3. The van der Waals surface area contributed by atoms with Crippen LogP contribution in [0.15, 0.2) is 60.7 Å². The maximum atomic E-state index is 6.13. The first-order valence-electron chi connectivity index (χ1n) is 16.1. The van der Waals surface area contributed by atoms with Gasteiger partial charge in [0.1, 0.15) is 0 Å². The van der Waals surface area contributed by atoms with Crippen LogP contribution in [0.5, 0.6) is 0 Å². The third-order valence-corrected chi connectivity index (χ3v) is 7.64. The van der Waals surface area contributed by atoms with Gasteiger partial charge in [-0.25, -0.2) is 0 Å². The molecule has 0 unspecified atom stereocenters. The van der Waals surface area contributed by atoms with Gasteiger partial charge in [-0.15, -0.1) is 0 Å². The van der Waals surface area contributed by atoms with Crippen LogP contribution in [-0.4, -0.2) is 19.8 Å². The predicted molar refractivity (Wildman–Crippen MR) is 165 cm³/mol. The zero-order valence-electron chi connectivity index (χ0n) is 24.7. The highest BCUT2D eigenvalue weighted by Crippen LogP contribution is 2.15. The van der Waals surface area contributed by atoms with Crippen LogP contribution in [0.2, 0.25) is 0 Å². The minimum atomic E-state index is 0.444. The molecule has 2 heteroatoms. The van der Waals surface area contributed by atoms with Crippen molar-refractivity contribution >= 4 is 0 Å². The minimum absolute atomic E-state index is 0.444. The van der Waals surface area contributed by atoms with E-state index in [0.717, 1.165) is 32.7 Å². The van der Waals surface area contributed by atoms with Crippen LogP contribution in [0.1, 0.15) is 127 Å². The maximum absolute atomic E-state index is 6.13. The number of aryl methyl sites for hydroxylation is 1. The molecular weight excluding hydrogens is 464 g/mol. The quantitative estimate of drug-likeness (QED) is 0.114. The minimum Gasteiger partial charge on any atom is -0.381 e. The molecule has 0 N–H and O–H groups in total. The summed E-state index contributed by atoms with van der Waals surface area (Å²) in [4.78, 5) is 0. The van der Waals surface area contributed by atoms with Crippen molar-refractivity contribution in [1.82, 2.24) is 0 Å². The molecule has 1 atom stereocenters. The van der Waals surface area contributed by atoms with E-state index in [-0.39, 0.29) is 0 Å². The van der Waals surface area contributed by atoms with E-state index in [1.165, 1.54) is 114 Å². The van der Waals surface area contributed by atoms with E-state index in [1.54, 1.807) is 0 Å². The Morgan fingerprint density at radius 2 is 0.947 bits per heavy atom. The molecule has 0 fully saturated rings. The standard InChI is InChI=1S/C36H58O2/c1-2-3-4-5-6-7-8-9-10-11-12-13-14-15-16-23-30-37-32-36(29-28-34-24-19-17-20-25-34)33-38-31-35-26-21-18-22-27-35/h17-22,24-27,36H,2-16,23,28-33H2,1H3/t36-/m1/s1. The van der Waals surface area contributed by atoms with Crippen LogP contribution in [-0.2, 0) is 22.5 Å². The second-order valence-electron chi connectivity index (χ2n) is 11.3. The fraction of sp³-hybridized carbons (Fsp3) is 0.667. The smallest absolute Gasteiger partial charge is 0.0717 e. The molecule has 0 bridgehead atoms. The molecule has 0 saturated carbocycles. The van der Waals surface area contributed by atoms with Gasteiger partial charge in [-0.05, 0) is 30.4 Å². The Morgan fingerprint density at radius 3 is 1.47 bits per heavy atom. The number of ether oxygens (including phenoxy) is 2. The number of benzene rings is 2. The summed E-state index contributed by atoms with van der Waals surface area (Å²) in [7, 11) is 0. The van der Waals surface area contributed by atoms with E-state index < -0.39 is 0 Å². The van der Waals surface area contributed by atoms with Crippen LogP contribution < -0.4 is 0 Å². The summed E-state index contributed by atoms with van der Waals surface area (Å²) in [6, 6.07) is 21.3. The van der Waals surface area contributed by atoms with Crippen molar-refractivity contribution in [1.29, 1.82) is 0 Å². The van der Waals surface area contributed by atoms with Crippen LogP contribution >= 0.6 is 0 Å². The van der Waals surface area contributed by atoms with Crippen molar-refractivity contribution in [2.75, 3.05) is 19.8 Å². The Labute approximate surface area is 235 Å². The van der Waals surface area contributed by atoms with Gasteiger partial charge in [-0.3, -0.25) is 0 Å². The molecule has 0 aromatic heterocycles. The molecule has 2 aromatic carbocycles. The lowest BCUT2D eigenvalue weighted by Crippen LogP contribution is -2.18. The zero-order chi connectivity index (χ0) is 26.8. The first-order chi connectivity index (χ1) is 18.9. The Bertz CT molecular complexity index is 730. The molecule has 0 aliphatic carbocycles. The first-order valence-corrected chi connectivity index (χ1v) is 16.1. The number of rotatable bonds is 26. The molecule has 0 aliphatic heterocycles. The monoisotopic (exact) mass is 522 g/mol. The number of hydrogen-bond donors (Lipinski definition) is 0. The molecule has 0 amide bonds. The lowest BCUT2D eigenvalue weighted by Gasteiger charge is -2.18. The molecular formula is C36H58O2. The van der Waals surface area contributed by atoms with Gasteiger partial charge >= 0.3 is 0 Å². The summed E-state index contributed by atoms with van der Waals surface area (Å²) in [5, 5.41) is 0. The first kappa shape index (κ1) is 32.6. The van der Waals surface area contributed by atoms with Crippen molar-refractivity contribution in [3.05, 3.63) is 71.8 Å². The van der Waals surface area contributed by atoms with E-state index in [4.69, 9.17) is 9.47 Å². The Balaban J connectivity index is 1.44. The summed E-state index contributed by atoms with van der Waals surface area (Å²) in [6.45, 7) is 5.44. The van der Waals surface area contributed by atoms with Crippen LogP contribution in [0.4, 0.5) is 0 Å². The topological polar surface area (TPSA) is 18.5 Å². The maximum Gasteiger partial charge on any atom is 0.0717 e. The predicted octanol–water partition coefficient (Wildman–Crippen LogP) is 10.7. The highest BCUT2D eigenvalue weighted by atomic mass is 16.5. The Kier molecular flexibility index (Phi) is 20.9. The summed E-state index contributed by atoms with van der Waals surface area (Å²) >= 11 is 0. The van der Waals surface area contributed by atoms with Gasteiger partial charge in [0, 0.05) is 12.5 Å². The highest BCUT2D eigenvalue weighted by molar-refractivity contribution is 5.15. The largest absolute Gasteiger partial charge is 0.381 e. The average molecular weight is 523 g/mol. The normalized spacial score (nSPS) is 12.1. The molecule has 0 heterocycles. The van der Waals surface area contributed by atoms with Gasteiger partial charge in [-0.2, -0.15) is 0 Å². The van der Waals surface area contributed by atoms with E-state index in [9.17, 15) is 0 Å². The average Bonchev–Trinajstić information content (AvgIpc) is 2.96. The molecule has 0 spiro atoms. The Morgan fingerprint density at radius 1 is 0.500 bits per heavy atom. The van der Waals surface area contributed by atoms with E-state index >= 15 is 0 Å². The van der Waals surface area contributed by atoms with Gasteiger partial charge in [0.25, 0.3) is 0 Å². The molecule has 0 saturated heterocycles. The highest BCUT2D eigenvalue weighted by Gasteiger charge is 2.10. The fourth-order valence-electron chi connectivity index (χ4n) is 5.15. The van der Waals surface area contributed by atoms with Crippen molar-refractivity contribution in [2.24, 2.45) is 5.92 Å². The van der Waals surface area contributed by atoms with E-state index in [0.29, 0.717) is 12.5 Å². The SMILES string of the molecule is CCCCCCCCCCCCCCCCCCOC[C@@H](CCc1ccccc1)COCc1ccccc1. The van der Waals surface area contributed by atoms with Gasteiger partial charge in [0.2, 0.25) is 0 Å². The third-order valence-electron chi connectivity index (χ3n) is 7.64. The van der Waals surface area contributed by atoms with Crippen molar-refractivity contribution < 1.29 is 9.47 Å². The Hall–Kier alpha value is -1.64. The summed E-state index contributed by atoms with van der Waals surface area (Å²) in [6.07, 6.45) is 24.7. The zero-order valence-corrected chi connectivity index (χ0v) is 24.7. The summed E-state index contributed by atoms with van der Waals surface area (Å²) in [5.74, 6) is 0.444. The van der Waals surface area contributed by atoms with Gasteiger partial charge in [-0.1, -0.05) is 164 Å². The van der Waals surface area contributed by atoms with Crippen LogP contribution in [0.3, 0.4) is 0 Å². The fourth-order valence-corrected chi connectivity index (χ4v) is 5.15. The van der Waals surface area contributed by atoms with Gasteiger partial charge in [0.05, 0.1) is 19.8 Å². The van der Waals surface area contributed by atoms with Crippen molar-refractivity contribution in [3.63, 3.8) is 0 Å². The molecule has 2 aromatic rings.